The summed E-state index contributed by atoms with van der Waals surface area (Å²) < 4.78 is 28.1. The topological polar surface area (TPSA) is 111 Å². The van der Waals surface area contributed by atoms with E-state index < -0.39 is 10.0 Å². The van der Waals surface area contributed by atoms with E-state index in [4.69, 9.17) is 9.88 Å². The third-order valence-electron chi connectivity index (χ3n) is 3.19. The van der Waals surface area contributed by atoms with Gasteiger partial charge in [0.2, 0.25) is 15.9 Å². The number of sulfonamides is 1. The van der Waals surface area contributed by atoms with Gasteiger partial charge < -0.3 is 10.1 Å². The molecule has 0 bridgehead atoms. The van der Waals surface area contributed by atoms with E-state index >= 15 is 0 Å². The molecule has 0 saturated carbocycles. The summed E-state index contributed by atoms with van der Waals surface area (Å²) in [6.07, 6.45) is 1.34. The number of primary sulfonamides is 1. The number of rotatable bonds is 4. The van der Waals surface area contributed by atoms with Crippen LogP contribution in [0.5, 0.6) is 0 Å². The molecule has 2 heterocycles. The lowest BCUT2D eigenvalue weighted by atomic mass is 9.99. The lowest BCUT2D eigenvalue weighted by Gasteiger charge is -2.15. The van der Waals surface area contributed by atoms with Crippen LogP contribution in [0.15, 0.2) is 4.21 Å². The number of thiazole rings is 1. The first-order chi connectivity index (χ1) is 9.32. The van der Waals surface area contributed by atoms with Crippen molar-refractivity contribution in [3.63, 3.8) is 0 Å². The number of hydrogen-bond donors (Lipinski definition) is 2. The fraction of sp³-hybridized carbons (Fsp3) is 0.636. The highest BCUT2D eigenvalue weighted by molar-refractivity contribution is 7.91. The summed E-state index contributed by atoms with van der Waals surface area (Å²) >= 11 is 0.866. The van der Waals surface area contributed by atoms with E-state index in [0.717, 1.165) is 17.8 Å². The first kappa shape index (κ1) is 15.4. The molecule has 1 saturated heterocycles. The van der Waals surface area contributed by atoms with Gasteiger partial charge in [0.05, 0.1) is 17.7 Å². The molecule has 1 aliphatic heterocycles. The standard InChI is InChI=1S/C11H17N3O4S2/c1-3-8-7(4-5-18-8)9(15)14-11-13-6(2)10(19-11)20(12,16)17/h7-8H,3-5H2,1-2H3,(H2,12,16,17)(H,13,14,15). The molecule has 0 spiro atoms. The second-order valence-corrected chi connectivity index (χ2v) is 7.39. The first-order valence-electron chi connectivity index (χ1n) is 6.25. The summed E-state index contributed by atoms with van der Waals surface area (Å²) in [5.74, 6) is -0.411. The molecule has 20 heavy (non-hydrogen) atoms. The minimum absolute atomic E-state index is 0.0255. The highest BCUT2D eigenvalue weighted by Crippen LogP contribution is 2.29. The van der Waals surface area contributed by atoms with E-state index in [0.29, 0.717) is 18.7 Å². The zero-order valence-electron chi connectivity index (χ0n) is 11.3. The summed E-state index contributed by atoms with van der Waals surface area (Å²) in [6.45, 7) is 4.07. The second kappa shape index (κ2) is 5.76. The Morgan fingerprint density at radius 1 is 1.60 bits per heavy atom. The number of carbonyl (C=O) groups excluding carboxylic acids is 1. The molecule has 1 fully saturated rings. The number of nitrogens with zero attached hydrogens (tertiary/aromatic N) is 1. The summed E-state index contributed by atoms with van der Waals surface area (Å²) in [5.41, 5.74) is 0.294. The third kappa shape index (κ3) is 3.17. The molecule has 2 unspecified atom stereocenters. The Kier molecular flexibility index (Phi) is 4.43. The molecule has 112 valence electrons. The number of anilines is 1. The highest BCUT2D eigenvalue weighted by atomic mass is 32.2. The largest absolute Gasteiger partial charge is 0.377 e. The fourth-order valence-corrected chi connectivity index (χ4v) is 4.11. The van der Waals surface area contributed by atoms with Crippen LogP contribution in [0.1, 0.15) is 25.5 Å². The molecule has 2 rings (SSSR count). The molecule has 0 aliphatic carbocycles. The zero-order chi connectivity index (χ0) is 14.9. The smallest absolute Gasteiger partial charge is 0.249 e. The molecule has 0 radical (unpaired) electrons. The van der Waals surface area contributed by atoms with Crippen LogP contribution in [0.25, 0.3) is 0 Å². The van der Waals surface area contributed by atoms with E-state index in [1.165, 1.54) is 0 Å². The van der Waals surface area contributed by atoms with Crippen molar-refractivity contribution in [2.75, 3.05) is 11.9 Å². The average molecular weight is 319 g/mol. The van der Waals surface area contributed by atoms with Gasteiger partial charge in [0.15, 0.2) is 9.34 Å². The van der Waals surface area contributed by atoms with Gasteiger partial charge in [-0.25, -0.2) is 18.5 Å². The van der Waals surface area contributed by atoms with Crippen LogP contribution in [0.3, 0.4) is 0 Å². The Labute approximate surface area is 121 Å². The van der Waals surface area contributed by atoms with Crippen molar-refractivity contribution in [1.82, 2.24) is 4.98 Å². The molecule has 3 N–H and O–H groups in total. The van der Waals surface area contributed by atoms with Crippen LogP contribution in [-0.2, 0) is 19.6 Å². The lowest BCUT2D eigenvalue weighted by molar-refractivity contribution is -0.121. The monoisotopic (exact) mass is 319 g/mol. The summed E-state index contributed by atoms with van der Waals surface area (Å²) in [7, 11) is -3.80. The number of aryl methyl sites for hydroxylation is 1. The van der Waals surface area contributed by atoms with Crippen LogP contribution in [-0.4, -0.2) is 32.0 Å². The quantitative estimate of drug-likeness (QED) is 0.854. The maximum absolute atomic E-state index is 12.1. The number of carbonyl (C=O) groups is 1. The van der Waals surface area contributed by atoms with Crippen molar-refractivity contribution < 1.29 is 17.9 Å². The SMILES string of the molecule is CCC1OCCC1C(=O)Nc1nc(C)c(S(N)(=O)=O)s1. The van der Waals surface area contributed by atoms with E-state index in [9.17, 15) is 13.2 Å². The molecule has 0 aromatic carbocycles. The Morgan fingerprint density at radius 2 is 2.30 bits per heavy atom. The Balaban J connectivity index is 2.13. The summed E-state index contributed by atoms with van der Waals surface area (Å²) in [5, 5.41) is 7.98. The van der Waals surface area contributed by atoms with Gasteiger partial charge >= 0.3 is 0 Å². The number of aromatic nitrogens is 1. The van der Waals surface area contributed by atoms with Crippen molar-refractivity contribution in [2.24, 2.45) is 11.1 Å². The number of nitrogens with two attached hydrogens (primary N) is 1. The Bertz CT molecular complexity index is 611. The highest BCUT2D eigenvalue weighted by Gasteiger charge is 2.33. The first-order valence-corrected chi connectivity index (χ1v) is 8.62. The van der Waals surface area contributed by atoms with Gasteiger partial charge in [-0.1, -0.05) is 18.3 Å². The predicted octanol–water partition coefficient (Wildman–Crippen LogP) is 0.853. The third-order valence-corrected chi connectivity index (χ3v) is 5.82. The van der Waals surface area contributed by atoms with Gasteiger partial charge in [-0.05, 0) is 19.8 Å². The van der Waals surface area contributed by atoms with Gasteiger partial charge in [0.25, 0.3) is 0 Å². The average Bonchev–Trinajstić information content (AvgIpc) is 2.94. The van der Waals surface area contributed by atoms with Crippen molar-refractivity contribution in [2.45, 2.75) is 37.0 Å². The number of nitrogens with one attached hydrogen (secondary N) is 1. The maximum Gasteiger partial charge on any atom is 0.249 e. The van der Waals surface area contributed by atoms with Gasteiger partial charge in [-0.3, -0.25) is 4.79 Å². The molecule has 7 nitrogen and oxygen atoms in total. The van der Waals surface area contributed by atoms with Crippen LogP contribution < -0.4 is 10.5 Å². The molecule has 1 aromatic rings. The summed E-state index contributed by atoms with van der Waals surface area (Å²) in [4.78, 5) is 16.2. The maximum atomic E-state index is 12.1. The van der Waals surface area contributed by atoms with E-state index in [1.54, 1.807) is 6.92 Å². The predicted molar refractivity (Wildman–Crippen MR) is 75.0 cm³/mol. The summed E-state index contributed by atoms with van der Waals surface area (Å²) in [6, 6.07) is 0. The minimum Gasteiger partial charge on any atom is -0.377 e. The zero-order valence-corrected chi connectivity index (χ0v) is 12.9. The van der Waals surface area contributed by atoms with Crippen molar-refractivity contribution in [3.8, 4) is 0 Å². The van der Waals surface area contributed by atoms with Gasteiger partial charge in [-0.2, -0.15) is 0 Å². The molecule has 1 aliphatic rings. The van der Waals surface area contributed by atoms with E-state index in [2.05, 4.69) is 10.3 Å². The van der Waals surface area contributed by atoms with Crippen molar-refractivity contribution in [1.29, 1.82) is 0 Å². The van der Waals surface area contributed by atoms with Crippen molar-refractivity contribution in [3.05, 3.63) is 5.69 Å². The molecule has 9 heteroatoms. The molecule has 1 aromatic heterocycles. The Morgan fingerprint density at radius 3 is 2.85 bits per heavy atom. The van der Waals surface area contributed by atoms with Gasteiger partial charge in [0.1, 0.15) is 0 Å². The number of amides is 1. The normalized spacial score (nSPS) is 22.9. The van der Waals surface area contributed by atoms with Crippen LogP contribution >= 0.6 is 11.3 Å². The molecule has 1 amide bonds. The van der Waals surface area contributed by atoms with Gasteiger partial charge in [0, 0.05) is 6.61 Å². The van der Waals surface area contributed by atoms with Crippen LogP contribution in [0.4, 0.5) is 5.13 Å². The number of ether oxygens (including phenoxy) is 1. The minimum atomic E-state index is -3.80. The van der Waals surface area contributed by atoms with Crippen LogP contribution in [0, 0.1) is 12.8 Å². The second-order valence-electron chi connectivity index (χ2n) is 4.64. The van der Waals surface area contributed by atoms with Crippen LogP contribution in [0.2, 0.25) is 0 Å². The van der Waals surface area contributed by atoms with Gasteiger partial charge in [-0.15, -0.1) is 0 Å². The fourth-order valence-electron chi connectivity index (χ4n) is 2.25. The van der Waals surface area contributed by atoms with E-state index in [-0.39, 0.29) is 27.3 Å². The number of hydrogen-bond acceptors (Lipinski definition) is 6. The molecule has 2 atom stereocenters. The molecular formula is C11H17N3O4S2. The van der Waals surface area contributed by atoms with Crippen molar-refractivity contribution >= 4 is 32.4 Å². The lowest BCUT2D eigenvalue weighted by Crippen LogP contribution is -2.29. The molecular weight excluding hydrogens is 302 g/mol. The van der Waals surface area contributed by atoms with E-state index in [1.807, 2.05) is 6.92 Å². The Hall–Kier alpha value is -1.03.